The largest absolute Gasteiger partial charge is 0.497 e. The van der Waals surface area contributed by atoms with Crippen molar-refractivity contribution in [1.29, 1.82) is 0 Å². The number of ketones is 1. The average molecular weight is 1150 g/mol. The molecule has 1 spiro atoms. The number of methoxy groups -OCH3 is 2. The lowest BCUT2D eigenvalue weighted by Gasteiger charge is -2.50. The van der Waals surface area contributed by atoms with Gasteiger partial charge in [0.25, 0.3) is 0 Å². The molecule has 0 N–H and O–H groups in total. The Kier molecular flexibility index (Phi) is 13.9. The first kappa shape index (κ1) is 55.1. The van der Waals surface area contributed by atoms with Crippen LogP contribution < -0.4 is 14.2 Å². The number of carbonyl (C=O) groups excluding carboxylic acids is 1. The maximum absolute atomic E-state index is 13.7. The van der Waals surface area contributed by atoms with Crippen molar-refractivity contribution in [1.82, 2.24) is 0 Å². The van der Waals surface area contributed by atoms with E-state index in [0.29, 0.717) is 45.3 Å². The maximum atomic E-state index is 13.7. The van der Waals surface area contributed by atoms with Gasteiger partial charge in [-0.2, -0.15) is 0 Å². The zero-order chi connectivity index (χ0) is 58.8. The molecule has 15 rings (SSSR count). The molecule has 10 aromatic rings. The minimum atomic E-state index is -3.76. The fourth-order valence-electron chi connectivity index (χ4n) is 16.4. The molecular weight excluding hydrogens is 1080 g/mol. The van der Waals surface area contributed by atoms with Gasteiger partial charge in [-0.15, -0.1) is 0 Å². The lowest BCUT2D eigenvalue weighted by atomic mass is 9.54. The molecular formula is C79H70O6S. The highest BCUT2D eigenvalue weighted by molar-refractivity contribution is 7.91. The second kappa shape index (κ2) is 21.6. The number of sulfone groups is 1. The van der Waals surface area contributed by atoms with Crippen LogP contribution >= 0.6 is 0 Å². The summed E-state index contributed by atoms with van der Waals surface area (Å²) in [6.07, 6.45) is 10.1. The van der Waals surface area contributed by atoms with Gasteiger partial charge in [-0.25, -0.2) is 8.42 Å². The van der Waals surface area contributed by atoms with Gasteiger partial charge in [0, 0.05) is 11.1 Å². The first-order valence-electron chi connectivity index (χ1n) is 30.4. The molecule has 4 unspecified atom stereocenters. The first-order valence-corrected chi connectivity index (χ1v) is 31.8. The molecule has 5 aliphatic carbocycles. The van der Waals surface area contributed by atoms with Gasteiger partial charge in [-0.3, -0.25) is 4.79 Å². The first-order chi connectivity index (χ1) is 41.8. The van der Waals surface area contributed by atoms with Crippen molar-refractivity contribution in [3.63, 3.8) is 0 Å². The number of hydrogen-bond donors (Lipinski definition) is 0. The summed E-state index contributed by atoms with van der Waals surface area (Å²) in [4.78, 5) is 13.3. The monoisotopic (exact) mass is 1150 g/mol. The fourth-order valence-corrected chi connectivity index (χ4v) is 17.7. The second-order valence-electron chi connectivity index (χ2n) is 25.0. The Hall–Kier alpha value is -8.78. The second-order valence-corrected chi connectivity index (χ2v) is 27.0. The number of aryl methyl sites for hydroxylation is 2. The van der Waals surface area contributed by atoms with E-state index in [1.165, 1.54) is 77.5 Å². The summed E-state index contributed by atoms with van der Waals surface area (Å²) in [5.74, 6) is 4.81. The summed E-state index contributed by atoms with van der Waals surface area (Å²) in [6, 6.07) is 81.6. The van der Waals surface area contributed by atoms with E-state index in [1.54, 1.807) is 86.0 Å². The van der Waals surface area contributed by atoms with Crippen LogP contribution in [0.25, 0.3) is 11.1 Å². The number of benzene rings is 10. The molecule has 0 heterocycles. The lowest BCUT2D eigenvalue weighted by Crippen LogP contribution is -2.43. The van der Waals surface area contributed by atoms with Crippen LogP contribution in [0.2, 0.25) is 0 Å². The molecule has 4 atom stereocenters. The highest BCUT2D eigenvalue weighted by atomic mass is 32.2. The summed E-state index contributed by atoms with van der Waals surface area (Å²) >= 11 is 0. The van der Waals surface area contributed by atoms with Crippen molar-refractivity contribution in [2.45, 2.75) is 91.2 Å². The molecule has 3 bridgehead atoms. The lowest BCUT2D eigenvalue weighted by molar-refractivity contribution is -0.00114. The van der Waals surface area contributed by atoms with Crippen LogP contribution in [0.4, 0.5) is 0 Å². The number of ether oxygens (including phenoxy) is 3. The van der Waals surface area contributed by atoms with Gasteiger partial charge < -0.3 is 14.2 Å². The minimum absolute atomic E-state index is 0.0618. The SMILES string of the molecule is CCc1ccc(C2(c3ccc(Cc4ccc(S(=O)(=O)c5ccc(Oc6ccc(C(=O)c7ccc(C)cc7)cc6)cc5)cc4)cc3)c3ccccc3-c3ccccc32)cc1.COc1ccc(C23CC4CC5CC(c6ccc(OC)cc6)(C2)CC45C3)cc1. The Bertz CT molecular complexity index is 4130. The Morgan fingerprint density at radius 2 is 0.849 bits per heavy atom. The van der Waals surface area contributed by atoms with Crippen molar-refractivity contribution in [3.8, 4) is 34.1 Å². The van der Waals surface area contributed by atoms with E-state index in [9.17, 15) is 13.2 Å². The van der Waals surface area contributed by atoms with Crippen molar-refractivity contribution >= 4 is 15.6 Å². The predicted molar refractivity (Wildman–Crippen MR) is 342 cm³/mol. The normalized spacial score (nSPS) is 21.4. The van der Waals surface area contributed by atoms with Crippen LogP contribution in [0.15, 0.2) is 252 Å². The maximum Gasteiger partial charge on any atom is 0.206 e. The van der Waals surface area contributed by atoms with E-state index in [-0.39, 0.29) is 15.6 Å². The zero-order valence-corrected chi connectivity index (χ0v) is 50.1. The topological polar surface area (TPSA) is 78.9 Å². The molecule has 86 heavy (non-hydrogen) atoms. The molecule has 0 aromatic heterocycles. The quantitative estimate of drug-likeness (QED) is 0.0952. The molecule has 4 saturated carbocycles. The molecule has 0 aliphatic heterocycles. The van der Waals surface area contributed by atoms with Crippen LogP contribution in [0.3, 0.4) is 0 Å². The molecule has 0 amide bonds. The van der Waals surface area contributed by atoms with E-state index >= 15 is 0 Å². The Balaban J connectivity index is 0.000000200. The minimum Gasteiger partial charge on any atom is -0.497 e. The smallest absolute Gasteiger partial charge is 0.206 e. The third-order valence-electron chi connectivity index (χ3n) is 20.5. The molecule has 428 valence electrons. The van der Waals surface area contributed by atoms with Crippen LogP contribution in [0.1, 0.15) is 117 Å². The Morgan fingerprint density at radius 3 is 1.31 bits per heavy atom. The number of carbonyl (C=O) groups is 1. The third-order valence-corrected chi connectivity index (χ3v) is 22.2. The van der Waals surface area contributed by atoms with Crippen LogP contribution in [0.5, 0.6) is 23.0 Å². The number of hydrogen-bond acceptors (Lipinski definition) is 6. The highest BCUT2D eigenvalue weighted by Crippen LogP contribution is 2.82. The van der Waals surface area contributed by atoms with Gasteiger partial charge in [0.2, 0.25) is 9.84 Å². The van der Waals surface area contributed by atoms with E-state index in [4.69, 9.17) is 14.2 Å². The van der Waals surface area contributed by atoms with Crippen molar-refractivity contribution in [2.24, 2.45) is 17.3 Å². The molecule has 4 fully saturated rings. The number of fused-ring (bicyclic) bond motifs is 5. The van der Waals surface area contributed by atoms with Gasteiger partial charge >= 0.3 is 0 Å². The molecule has 10 aromatic carbocycles. The van der Waals surface area contributed by atoms with Gasteiger partial charge in [0.05, 0.1) is 29.4 Å². The van der Waals surface area contributed by atoms with Gasteiger partial charge in [-0.05, 0) is 232 Å². The predicted octanol–water partition coefficient (Wildman–Crippen LogP) is 17.9. The fraction of sp³-hybridized carbons (Fsp3) is 0.228. The summed E-state index contributed by atoms with van der Waals surface area (Å²) < 4.78 is 44.1. The molecule has 0 radical (unpaired) electrons. The highest BCUT2D eigenvalue weighted by Gasteiger charge is 2.75. The van der Waals surface area contributed by atoms with E-state index < -0.39 is 15.3 Å². The van der Waals surface area contributed by atoms with E-state index in [0.717, 1.165) is 46.4 Å². The summed E-state index contributed by atoms with van der Waals surface area (Å²) in [7, 11) is -0.245. The molecule has 0 saturated heterocycles. The zero-order valence-electron chi connectivity index (χ0n) is 49.3. The van der Waals surface area contributed by atoms with Gasteiger partial charge in [-0.1, -0.05) is 170 Å². The van der Waals surface area contributed by atoms with Crippen LogP contribution in [-0.4, -0.2) is 28.4 Å². The molecule has 6 nitrogen and oxygen atoms in total. The average Bonchev–Trinajstić information content (AvgIpc) is 1.50. The van der Waals surface area contributed by atoms with Gasteiger partial charge in [0.15, 0.2) is 5.78 Å². The Morgan fingerprint density at radius 1 is 0.453 bits per heavy atom. The number of rotatable bonds is 15. The van der Waals surface area contributed by atoms with E-state index in [2.05, 4.69) is 153 Å². The Labute approximate surface area is 506 Å². The molecule has 7 heteroatoms. The van der Waals surface area contributed by atoms with Crippen LogP contribution in [0, 0.1) is 24.2 Å². The standard InChI is InChI=1S/C54H42O4S.C25H28O2/c1-3-38-14-24-43(25-15-38)54(51-10-6-4-8-49(51)50-9-5-7-11-52(50)54)44-26-16-39(17-27-44)36-40-18-32-47(33-19-40)59(56,57)48-34-30-46(31-35-48)58-45-28-22-42(23-29-45)53(55)41-20-12-37(2)13-21-41;1-26-21-7-3-17(4-8-21)23-12-19-11-20-13-24(14-23,16-25(19,20)15-23)18-5-9-22(27-2)10-6-18/h4-35H,3,36H2,1-2H3;3-10,19-20H,11-16H2,1-2H3. The van der Waals surface area contributed by atoms with Crippen molar-refractivity contribution in [3.05, 3.63) is 309 Å². The summed E-state index contributed by atoms with van der Waals surface area (Å²) in [5.41, 5.74) is 17.3. The summed E-state index contributed by atoms with van der Waals surface area (Å²) in [5, 5.41) is 0. The third kappa shape index (κ3) is 9.29. The van der Waals surface area contributed by atoms with Gasteiger partial charge in [0.1, 0.15) is 23.0 Å². The van der Waals surface area contributed by atoms with Crippen molar-refractivity contribution in [2.75, 3.05) is 14.2 Å². The van der Waals surface area contributed by atoms with Crippen molar-refractivity contribution < 1.29 is 27.4 Å². The van der Waals surface area contributed by atoms with Crippen LogP contribution in [-0.2, 0) is 38.9 Å². The molecule has 5 aliphatic rings. The summed E-state index contributed by atoms with van der Waals surface area (Å²) in [6.45, 7) is 4.17. The van der Waals surface area contributed by atoms with E-state index in [1.807, 2.05) is 43.3 Å².